The molecule has 3 aromatic carbocycles. The van der Waals surface area contributed by atoms with Gasteiger partial charge in [-0.25, -0.2) is 9.78 Å². The summed E-state index contributed by atoms with van der Waals surface area (Å²) in [6, 6.07) is 18.2. The zero-order valence-corrected chi connectivity index (χ0v) is 21.4. The molecule has 0 bridgehead atoms. The lowest BCUT2D eigenvalue weighted by molar-refractivity contribution is -0.122. The van der Waals surface area contributed by atoms with Gasteiger partial charge in [0.25, 0.3) is 5.91 Å². The zero-order chi connectivity index (χ0) is 26.1. The smallest absolute Gasteiger partial charge is 0.335 e. The minimum absolute atomic E-state index is 0.149. The van der Waals surface area contributed by atoms with Gasteiger partial charge in [0.05, 0.1) is 28.6 Å². The molecule has 4 aromatic rings. The third-order valence-corrected chi connectivity index (χ3v) is 7.41. The van der Waals surface area contributed by atoms with Gasteiger partial charge in [-0.2, -0.15) is 0 Å². The summed E-state index contributed by atoms with van der Waals surface area (Å²) in [4.78, 5) is 33.6. The minimum Gasteiger partial charge on any atom is -0.496 e. The molecular weight excluding hydrogens is 508 g/mol. The number of aromatic amines is 1. The fraction of sp³-hybridized carbons (Fsp3) is 0.111. The SMILES string of the molecule is COc1ccc(/C=C2\SC(=S)N(CCc3ccc(C(=O)O)cc3)C2=O)cc1-c1ccc2nc(N)[nH]c2c1. The number of carbonyl (C=O) groups excluding carboxylic acids is 1. The molecule has 4 N–H and O–H groups in total. The maximum Gasteiger partial charge on any atom is 0.335 e. The third-order valence-electron chi connectivity index (χ3n) is 6.03. The summed E-state index contributed by atoms with van der Waals surface area (Å²) in [5, 5.41) is 9.06. The van der Waals surface area contributed by atoms with Crippen molar-refractivity contribution in [3.63, 3.8) is 0 Å². The van der Waals surface area contributed by atoms with Crippen LogP contribution in [0.15, 0.2) is 65.6 Å². The van der Waals surface area contributed by atoms with Crippen LogP contribution in [0.3, 0.4) is 0 Å². The molecule has 1 aromatic heterocycles. The van der Waals surface area contributed by atoms with Gasteiger partial charge in [-0.1, -0.05) is 48.2 Å². The second kappa shape index (κ2) is 10.1. The van der Waals surface area contributed by atoms with E-state index in [2.05, 4.69) is 9.97 Å². The number of aromatic carboxylic acids is 1. The van der Waals surface area contributed by atoms with Gasteiger partial charge in [-0.05, 0) is 65.6 Å². The largest absolute Gasteiger partial charge is 0.496 e. The summed E-state index contributed by atoms with van der Waals surface area (Å²) in [6.45, 7) is 0.412. The molecule has 0 unspecified atom stereocenters. The number of thioether (sulfide) groups is 1. The maximum atomic E-state index is 13.1. The van der Waals surface area contributed by atoms with Gasteiger partial charge in [0.1, 0.15) is 10.1 Å². The van der Waals surface area contributed by atoms with Gasteiger partial charge >= 0.3 is 5.97 Å². The van der Waals surface area contributed by atoms with Crippen molar-refractivity contribution in [1.29, 1.82) is 0 Å². The van der Waals surface area contributed by atoms with Crippen LogP contribution in [0.1, 0.15) is 21.5 Å². The number of methoxy groups -OCH3 is 1. The predicted octanol–water partition coefficient (Wildman–Crippen LogP) is 4.96. The van der Waals surface area contributed by atoms with Crippen LogP contribution in [0.2, 0.25) is 0 Å². The molecule has 0 aliphatic carbocycles. The van der Waals surface area contributed by atoms with Gasteiger partial charge in [0, 0.05) is 12.1 Å². The van der Waals surface area contributed by atoms with Crippen LogP contribution < -0.4 is 10.5 Å². The van der Waals surface area contributed by atoms with E-state index in [0.29, 0.717) is 33.9 Å². The highest BCUT2D eigenvalue weighted by molar-refractivity contribution is 8.26. The van der Waals surface area contributed by atoms with Gasteiger partial charge < -0.3 is 20.6 Å². The number of anilines is 1. The van der Waals surface area contributed by atoms with Gasteiger partial charge in [0.15, 0.2) is 5.95 Å². The molecule has 0 atom stereocenters. The van der Waals surface area contributed by atoms with Crippen LogP contribution >= 0.6 is 24.0 Å². The van der Waals surface area contributed by atoms with Crippen molar-refractivity contribution in [3.05, 3.63) is 82.3 Å². The number of carboxylic acid groups (broad SMARTS) is 1. The van der Waals surface area contributed by atoms with E-state index >= 15 is 0 Å². The summed E-state index contributed by atoms with van der Waals surface area (Å²) in [5.41, 5.74) is 11.2. The Bertz CT molecular complexity index is 1580. The summed E-state index contributed by atoms with van der Waals surface area (Å²) >= 11 is 6.75. The van der Waals surface area contributed by atoms with Crippen molar-refractivity contribution in [1.82, 2.24) is 14.9 Å². The fourth-order valence-corrected chi connectivity index (χ4v) is 5.45. The van der Waals surface area contributed by atoms with E-state index in [1.165, 1.54) is 11.8 Å². The normalized spacial score (nSPS) is 14.6. The average Bonchev–Trinajstić information content (AvgIpc) is 3.39. The van der Waals surface area contributed by atoms with Crippen LogP contribution in [-0.4, -0.2) is 49.8 Å². The monoisotopic (exact) mass is 530 g/mol. The molecule has 1 fully saturated rings. The standard InChI is InChI=1S/C27H22N4O4S2/c1-35-22-9-4-16(12-19(22)18-7-8-20-21(14-18)30-26(28)29-20)13-23-24(32)31(27(36)37-23)11-10-15-2-5-17(6-3-15)25(33)34/h2-9,12-14H,10-11H2,1H3,(H,33,34)(H3,28,29,30)/b23-13-. The lowest BCUT2D eigenvalue weighted by atomic mass is 10.0. The topological polar surface area (TPSA) is 122 Å². The molecule has 186 valence electrons. The van der Waals surface area contributed by atoms with E-state index in [1.807, 2.05) is 42.5 Å². The highest BCUT2D eigenvalue weighted by Gasteiger charge is 2.31. The average molecular weight is 531 g/mol. The molecule has 0 spiro atoms. The Morgan fingerprint density at radius 1 is 1.19 bits per heavy atom. The number of nitrogens with two attached hydrogens (primary N) is 1. The first-order chi connectivity index (χ1) is 17.8. The van der Waals surface area contributed by atoms with Crippen molar-refractivity contribution in [2.24, 2.45) is 0 Å². The second-order valence-corrected chi connectivity index (χ2v) is 10.1. The molecule has 1 aliphatic rings. The quantitative estimate of drug-likeness (QED) is 0.226. The Morgan fingerprint density at radius 3 is 2.70 bits per heavy atom. The number of amides is 1. The number of benzene rings is 3. The number of carbonyl (C=O) groups is 2. The Morgan fingerprint density at radius 2 is 1.97 bits per heavy atom. The molecule has 8 nitrogen and oxygen atoms in total. The van der Waals surface area contributed by atoms with Crippen molar-refractivity contribution < 1.29 is 19.4 Å². The molecule has 0 saturated carbocycles. The first kappa shape index (κ1) is 24.5. The Hall–Kier alpha value is -4.15. The number of nitrogen functional groups attached to an aromatic ring is 1. The van der Waals surface area contributed by atoms with E-state index in [-0.39, 0.29) is 11.5 Å². The molecule has 5 rings (SSSR count). The van der Waals surface area contributed by atoms with Crippen LogP contribution in [0.4, 0.5) is 5.95 Å². The third kappa shape index (κ3) is 5.07. The fourth-order valence-electron chi connectivity index (χ4n) is 4.14. The number of H-pyrrole nitrogens is 1. The predicted molar refractivity (Wildman–Crippen MR) is 149 cm³/mol. The molecule has 10 heteroatoms. The number of carboxylic acids is 1. The number of nitrogens with zero attached hydrogens (tertiary/aromatic N) is 2. The summed E-state index contributed by atoms with van der Waals surface area (Å²) < 4.78 is 6.08. The number of imidazole rings is 1. The Kier molecular flexibility index (Phi) is 6.68. The van der Waals surface area contributed by atoms with E-state index in [1.54, 1.807) is 36.3 Å². The van der Waals surface area contributed by atoms with Gasteiger partial charge in [-0.15, -0.1) is 0 Å². The Balaban J connectivity index is 1.36. The molecule has 1 aliphatic heterocycles. The van der Waals surface area contributed by atoms with E-state index in [9.17, 15) is 9.59 Å². The molecule has 1 saturated heterocycles. The van der Waals surface area contributed by atoms with Crippen LogP contribution in [-0.2, 0) is 11.2 Å². The maximum absolute atomic E-state index is 13.1. The number of hydrogen-bond acceptors (Lipinski definition) is 7. The van der Waals surface area contributed by atoms with Crippen LogP contribution in [0, 0.1) is 0 Å². The van der Waals surface area contributed by atoms with E-state index in [0.717, 1.165) is 33.3 Å². The number of rotatable bonds is 7. The Labute approximate surface area is 222 Å². The van der Waals surface area contributed by atoms with Crippen molar-refractivity contribution in [2.45, 2.75) is 6.42 Å². The summed E-state index contributed by atoms with van der Waals surface area (Å²) in [6.07, 6.45) is 2.39. The zero-order valence-electron chi connectivity index (χ0n) is 19.7. The van der Waals surface area contributed by atoms with Crippen LogP contribution in [0.25, 0.3) is 28.2 Å². The highest BCUT2D eigenvalue weighted by Crippen LogP contribution is 2.36. The number of ether oxygens (including phenoxy) is 1. The second-order valence-electron chi connectivity index (χ2n) is 8.40. The number of hydrogen-bond donors (Lipinski definition) is 3. The van der Waals surface area contributed by atoms with E-state index in [4.69, 9.17) is 27.8 Å². The van der Waals surface area contributed by atoms with Gasteiger partial charge in [-0.3, -0.25) is 9.69 Å². The van der Waals surface area contributed by atoms with E-state index < -0.39 is 5.97 Å². The molecule has 2 heterocycles. The molecule has 0 radical (unpaired) electrons. The van der Waals surface area contributed by atoms with Gasteiger partial charge in [0.2, 0.25) is 0 Å². The molecular formula is C27H22N4O4S2. The minimum atomic E-state index is -0.970. The first-order valence-corrected chi connectivity index (χ1v) is 12.6. The summed E-state index contributed by atoms with van der Waals surface area (Å²) in [5.74, 6) is -0.0663. The lowest BCUT2D eigenvalue weighted by Gasteiger charge is -2.14. The van der Waals surface area contributed by atoms with Crippen molar-refractivity contribution in [3.8, 4) is 16.9 Å². The highest BCUT2D eigenvalue weighted by atomic mass is 32.2. The number of aromatic nitrogens is 2. The lowest BCUT2D eigenvalue weighted by Crippen LogP contribution is -2.30. The number of nitrogens with one attached hydrogen (secondary N) is 1. The molecule has 1 amide bonds. The number of fused-ring (bicyclic) bond motifs is 1. The number of thiocarbonyl (C=S) groups is 1. The molecule has 37 heavy (non-hydrogen) atoms. The van der Waals surface area contributed by atoms with Crippen LogP contribution in [0.5, 0.6) is 5.75 Å². The van der Waals surface area contributed by atoms with Crippen molar-refractivity contribution >= 4 is 63.2 Å². The first-order valence-electron chi connectivity index (χ1n) is 11.3. The van der Waals surface area contributed by atoms with Crippen molar-refractivity contribution in [2.75, 3.05) is 19.4 Å². The summed E-state index contributed by atoms with van der Waals surface area (Å²) in [7, 11) is 1.62.